The molecule has 6 nitrogen and oxygen atoms in total. The molecule has 0 spiro atoms. The molecule has 188 valence electrons. The molecule has 0 aliphatic heterocycles. The van der Waals surface area contributed by atoms with Crippen molar-refractivity contribution in [2.75, 3.05) is 11.9 Å². The molecular formula is C25H28F3N3O3S. The molecule has 1 aromatic heterocycles. The number of anilines is 1. The minimum atomic E-state index is -4.67. The van der Waals surface area contributed by atoms with Crippen molar-refractivity contribution in [1.82, 2.24) is 10.3 Å². The number of alkyl halides is 3. The number of carbonyl (C=O) groups is 2. The smallest absolute Gasteiger partial charge is 0.417 e. The van der Waals surface area contributed by atoms with E-state index >= 15 is 0 Å². The summed E-state index contributed by atoms with van der Waals surface area (Å²) in [6.07, 6.45) is -0.739. The van der Waals surface area contributed by atoms with Crippen LogP contribution in [-0.4, -0.2) is 28.5 Å². The number of rotatable bonds is 9. The first-order chi connectivity index (χ1) is 16.6. The highest BCUT2D eigenvalue weighted by molar-refractivity contribution is 7.17. The van der Waals surface area contributed by atoms with Gasteiger partial charge in [0.2, 0.25) is 0 Å². The molecule has 0 saturated carbocycles. The van der Waals surface area contributed by atoms with Gasteiger partial charge in [-0.1, -0.05) is 73.6 Å². The van der Waals surface area contributed by atoms with Crippen molar-refractivity contribution in [2.24, 2.45) is 0 Å². The van der Waals surface area contributed by atoms with E-state index < -0.39 is 29.2 Å². The summed E-state index contributed by atoms with van der Waals surface area (Å²) >= 11 is 0.680. The number of aryl methyl sites for hydroxylation is 1. The second kappa shape index (κ2) is 13.6. The Hall–Kier alpha value is -3.24. The van der Waals surface area contributed by atoms with Gasteiger partial charge in [0.1, 0.15) is 4.88 Å². The van der Waals surface area contributed by atoms with Crippen LogP contribution in [0.5, 0.6) is 0 Å². The number of carboxylic acids is 1. The van der Waals surface area contributed by atoms with E-state index in [9.17, 15) is 22.8 Å². The molecule has 10 heteroatoms. The number of benzene rings is 2. The Morgan fingerprint density at radius 1 is 1.03 bits per heavy atom. The SMILES string of the molecule is CCCCCNCc1ccccc1.Cc1nc(NC(=O)c2ccccc2C(F)(F)F)sc1C(=O)O. The fraction of sp³-hybridized carbons (Fsp3) is 0.320. The summed E-state index contributed by atoms with van der Waals surface area (Å²) < 4.78 is 38.6. The van der Waals surface area contributed by atoms with Crippen molar-refractivity contribution in [1.29, 1.82) is 0 Å². The van der Waals surface area contributed by atoms with Gasteiger partial charge in [-0.05, 0) is 37.6 Å². The third kappa shape index (κ3) is 9.14. The molecule has 0 saturated heterocycles. The zero-order chi connectivity index (χ0) is 25.8. The summed E-state index contributed by atoms with van der Waals surface area (Å²) in [4.78, 5) is 26.6. The Bertz CT molecular complexity index is 1100. The zero-order valence-corrected chi connectivity index (χ0v) is 20.3. The van der Waals surface area contributed by atoms with Gasteiger partial charge in [-0.3, -0.25) is 10.1 Å². The molecule has 1 heterocycles. The van der Waals surface area contributed by atoms with Gasteiger partial charge in [0.25, 0.3) is 5.91 Å². The van der Waals surface area contributed by atoms with E-state index in [1.807, 2.05) is 0 Å². The lowest BCUT2D eigenvalue weighted by atomic mass is 10.1. The third-order valence-electron chi connectivity index (χ3n) is 4.82. The van der Waals surface area contributed by atoms with E-state index in [4.69, 9.17) is 5.11 Å². The number of halogens is 3. The van der Waals surface area contributed by atoms with Crippen LogP contribution < -0.4 is 10.6 Å². The first-order valence-corrected chi connectivity index (χ1v) is 11.9. The summed E-state index contributed by atoms with van der Waals surface area (Å²) in [5, 5.41) is 14.4. The van der Waals surface area contributed by atoms with Crippen molar-refractivity contribution in [3.05, 3.63) is 81.9 Å². The number of nitrogens with zero attached hydrogens (tertiary/aromatic N) is 1. The monoisotopic (exact) mass is 507 g/mol. The number of carbonyl (C=O) groups excluding carboxylic acids is 1. The largest absolute Gasteiger partial charge is 0.477 e. The van der Waals surface area contributed by atoms with Crippen molar-refractivity contribution < 1.29 is 27.9 Å². The number of nitrogens with one attached hydrogen (secondary N) is 2. The molecule has 0 radical (unpaired) electrons. The summed E-state index contributed by atoms with van der Waals surface area (Å²) in [6, 6.07) is 14.9. The summed E-state index contributed by atoms with van der Waals surface area (Å²) in [6.45, 7) is 5.81. The molecule has 35 heavy (non-hydrogen) atoms. The van der Waals surface area contributed by atoms with Gasteiger partial charge in [-0.2, -0.15) is 13.2 Å². The third-order valence-corrected chi connectivity index (χ3v) is 5.88. The number of carboxylic acid groups (broad SMARTS) is 1. The predicted octanol–water partition coefficient (Wildman–Crippen LogP) is 6.39. The highest BCUT2D eigenvalue weighted by Crippen LogP contribution is 2.32. The van der Waals surface area contributed by atoms with Gasteiger partial charge in [-0.15, -0.1) is 0 Å². The molecule has 0 aliphatic rings. The van der Waals surface area contributed by atoms with Crippen molar-refractivity contribution >= 4 is 28.3 Å². The highest BCUT2D eigenvalue weighted by Gasteiger charge is 2.35. The van der Waals surface area contributed by atoms with Crippen LogP contribution in [0.15, 0.2) is 54.6 Å². The lowest BCUT2D eigenvalue weighted by molar-refractivity contribution is -0.137. The topological polar surface area (TPSA) is 91.3 Å². The second-order valence-corrected chi connectivity index (χ2v) is 8.60. The number of hydrogen-bond donors (Lipinski definition) is 3. The summed E-state index contributed by atoms with van der Waals surface area (Å²) in [5.41, 5.74) is -0.0742. The van der Waals surface area contributed by atoms with Crippen molar-refractivity contribution in [3.8, 4) is 0 Å². The number of thiazole rings is 1. The molecule has 2 aromatic carbocycles. The Labute approximate surface area is 206 Å². The van der Waals surface area contributed by atoms with Gasteiger partial charge in [-0.25, -0.2) is 9.78 Å². The van der Waals surface area contributed by atoms with Crippen LogP contribution in [0.25, 0.3) is 0 Å². The van der Waals surface area contributed by atoms with Crippen LogP contribution in [0.4, 0.5) is 18.3 Å². The van der Waals surface area contributed by atoms with Gasteiger partial charge < -0.3 is 10.4 Å². The van der Waals surface area contributed by atoms with E-state index in [-0.39, 0.29) is 15.7 Å². The maximum Gasteiger partial charge on any atom is 0.417 e. The number of amides is 1. The molecule has 0 atom stereocenters. The van der Waals surface area contributed by atoms with Crippen LogP contribution in [0, 0.1) is 6.92 Å². The Kier molecular flexibility index (Phi) is 10.9. The Balaban J connectivity index is 0.000000283. The maximum atomic E-state index is 12.9. The Morgan fingerprint density at radius 2 is 1.69 bits per heavy atom. The standard InChI is InChI=1S/C13H9F3N2O3S.C12H19N/c1-6-9(11(20)21)22-12(17-6)18-10(19)7-4-2-3-5-8(7)13(14,15)16;1-2-3-7-10-13-11-12-8-5-4-6-9-12/h2-5H,1H3,(H,20,21)(H,17,18,19);4-6,8-9,13H,2-3,7,10-11H2,1H3. The highest BCUT2D eigenvalue weighted by atomic mass is 32.1. The maximum absolute atomic E-state index is 12.9. The molecule has 0 bridgehead atoms. The summed E-state index contributed by atoms with van der Waals surface area (Å²) in [5.74, 6) is -2.22. The molecule has 3 aromatic rings. The number of hydrogen-bond acceptors (Lipinski definition) is 5. The number of aromatic carboxylic acids is 1. The molecule has 3 N–H and O–H groups in total. The van der Waals surface area contributed by atoms with Crippen molar-refractivity contribution in [3.63, 3.8) is 0 Å². The average molecular weight is 508 g/mol. The first kappa shape index (κ1) is 28.0. The predicted molar refractivity (Wildman–Crippen MR) is 131 cm³/mol. The van der Waals surface area contributed by atoms with Gasteiger partial charge in [0.15, 0.2) is 5.13 Å². The molecule has 1 amide bonds. The molecule has 0 aliphatic carbocycles. The fourth-order valence-corrected chi connectivity index (χ4v) is 3.87. The zero-order valence-electron chi connectivity index (χ0n) is 19.5. The van der Waals surface area contributed by atoms with E-state index in [0.29, 0.717) is 11.3 Å². The fourth-order valence-electron chi connectivity index (χ4n) is 3.07. The minimum absolute atomic E-state index is 0.0723. The molecular weight excluding hydrogens is 479 g/mol. The van der Waals surface area contributed by atoms with Gasteiger partial charge in [0.05, 0.1) is 16.8 Å². The van der Waals surface area contributed by atoms with Crippen LogP contribution >= 0.6 is 11.3 Å². The summed E-state index contributed by atoms with van der Waals surface area (Å²) in [7, 11) is 0. The van der Waals surface area contributed by atoms with Crippen LogP contribution in [0.3, 0.4) is 0 Å². The minimum Gasteiger partial charge on any atom is -0.477 e. The quantitative estimate of drug-likeness (QED) is 0.292. The number of aromatic nitrogens is 1. The molecule has 0 fully saturated rings. The van der Waals surface area contributed by atoms with Crippen LogP contribution in [-0.2, 0) is 12.7 Å². The van der Waals surface area contributed by atoms with E-state index in [1.165, 1.54) is 43.9 Å². The molecule has 3 rings (SSSR count). The van der Waals surface area contributed by atoms with E-state index in [0.717, 1.165) is 25.2 Å². The lowest BCUT2D eigenvalue weighted by Gasteiger charge is -2.11. The van der Waals surface area contributed by atoms with Crippen LogP contribution in [0.1, 0.15) is 63.0 Å². The van der Waals surface area contributed by atoms with E-state index in [2.05, 4.69) is 52.9 Å². The average Bonchev–Trinajstić information content (AvgIpc) is 3.19. The van der Waals surface area contributed by atoms with Gasteiger partial charge >= 0.3 is 12.1 Å². The van der Waals surface area contributed by atoms with Crippen LogP contribution in [0.2, 0.25) is 0 Å². The van der Waals surface area contributed by atoms with Crippen molar-refractivity contribution in [2.45, 2.75) is 45.8 Å². The van der Waals surface area contributed by atoms with Gasteiger partial charge in [0, 0.05) is 6.54 Å². The number of unbranched alkanes of at least 4 members (excludes halogenated alkanes) is 2. The van der Waals surface area contributed by atoms with E-state index in [1.54, 1.807) is 0 Å². The molecule has 0 unspecified atom stereocenters. The lowest BCUT2D eigenvalue weighted by Crippen LogP contribution is -2.18. The Morgan fingerprint density at radius 3 is 2.29 bits per heavy atom. The second-order valence-electron chi connectivity index (χ2n) is 7.61. The normalized spacial score (nSPS) is 10.9. The first-order valence-electron chi connectivity index (χ1n) is 11.1.